The Kier molecular flexibility index (Phi) is 7.42. The Morgan fingerprint density at radius 1 is 1.02 bits per heavy atom. The first-order chi connectivity index (χ1) is 21.5. The molecule has 6 fully saturated rings. The third kappa shape index (κ3) is 4.18. The lowest BCUT2D eigenvalue weighted by molar-refractivity contribution is -0.242. The van der Waals surface area contributed by atoms with E-state index in [-0.39, 0.29) is 56.9 Å². The van der Waals surface area contributed by atoms with E-state index in [0.29, 0.717) is 24.3 Å². The van der Waals surface area contributed by atoms with Crippen LogP contribution in [-0.4, -0.2) is 69.8 Å². The van der Waals surface area contributed by atoms with Gasteiger partial charge in [0, 0.05) is 29.5 Å². The largest absolute Gasteiger partial charge is 0.458 e. The number of para-hydroxylation sites is 1. The summed E-state index contributed by atoms with van der Waals surface area (Å²) < 4.78 is 12.2. The lowest BCUT2D eigenvalue weighted by Gasteiger charge is -2.68. The molecule has 0 spiro atoms. The molecule has 5 aliphatic carbocycles. The third-order valence-electron chi connectivity index (χ3n) is 15.5. The summed E-state index contributed by atoms with van der Waals surface area (Å²) >= 11 is 0. The molecule has 1 saturated heterocycles. The Hall–Kier alpha value is -1.71. The lowest BCUT2D eigenvalue weighted by atomic mass is 9.37. The first kappa shape index (κ1) is 32.8. The van der Waals surface area contributed by atoms with Crippen LogP contribution in [0, 0.1) is 50.7 Å². The second kappa shape index (κ2) is 10.4. The van der Waals surface area contributed by atoms with Crippen LogP contribution in [0.15, 0.2) is 24.3 Å². The van der Waals surface area contributed by atoms with Crippen molar-refractivity contribution in [1.82, 2.24) is 0 Å². The quantitative estimate of drug-likeness (QED) is 0.258. The van der Waals surface area contributed by atoms with Gasteiger partial charge in [-0.15, -0.1) is 0 Å². The van der Waals surface area contributed by atoms with Crippen LogP contribution in [0.1, 0.15) is 110 Å². The summed E-state index contributed by atoms with van der Waals surface area (Å²) in [7, 11) is 1.82. The number of fused-ring (bicyclic) bond motifs is 3. The van der Waals surface area contributed by atoms with Crippen molar-refractivity contribution in [2.75, 3.05) is 12.4 Å². The minimum absolute atomic E-state index is 0.0166. The Morgan fingerprint density at radius 3 is 2.43 bits per heavy atom. The molecule has 256 valence electrons. The van der Waals surface area contributed by atoms with Crippen LogP contribution < -0.4 is 5.32 Å². The predicted octanol–water partition coefficient (Wildman–Crippen LogP) is 5.52. The van der Waals surface area contributed by atoms with Gasteiger partial charge in [0.25, 0.3) is 0 Å². The van der Waals surface area contributed by atoms with Crippen molar-refractivity contribution >= 4 is 11.7 Å². The average molecular weight is 640 g/mol. The van der Waals surface area contributed by atoms with Crippen LogP contribution in [-0.2, 0) is 9.47 Å². The van der Waals surface area contributed by atoms with E-state index in [4.69, 9.17) is 9.47 Å². The SMILES string of the molecule is CNc1ccccc1C(=O)O[C@H]1CC[C@]2(C)[C@H]3CC[C@]45C[C@]4(CC[C@H]5[C@H]4C[C@H](C(O)C(C)(C)O)O[C@@H]4O)[C@]3(C)[C@H](O)C[C@H]2C1(C)C. The zero-order valence-electron chi connectivity index (χ0n) is 28.9. The van der Waals surface area contributed by atoms with Gasteiger partial charge >= 0.3 is 5.97 Å². The van der Waals surface area contributed by atoms with E-state index in [1.54, 1.807) is 13.8 Å². The summed E-state index contributed by atoms with van der Waals surface area (Å²) in [5.41, 5.74) is -0.378. The van der Waals surface area contributed by atoms with Crippen LogP contribution in [0.5, 0.6) is 0 Å². The molecule has 13 atom stereocenters. The van der Waals surface area contributed by atoms with Gasteiger partial charge in [-0.3, -0.25) is 0 Å². The standard InChI is InChI=1S/C38H57NO7/c1-33(2)27-19-28(40)36(6)26(35(27,5)15-14-29(33)46-31(42)21-10-8-9-11-24(21)39-7)13-16-37-20-38(36,37)17-12-23(37)22-18-25(45-32(22)43)30(41)34(3,4)44/h8-11,22-23,25-30,32,39-41,43-44H,12-20H2,1-7H3/t22-,23+,25-,26-,27+,28-,29+,30?,32+,35-,36+,37-,38-/m1/s1. The second-order valence-corrected chi connectivity index (χ2v) is 17.9. The van der Waals surface area contributed by atoms with Gasteiger partial charge in [-0.1, -0.05) is 39.8 Å². The molecule has 0 radical (unpaired) electrons. The monoisotopic (exact) mass is 639 g/mol. The van der Waals surface area contributed by atoms with E-state index in [9.17, 15) is 25.2 Å². The van der Waals surface area contributed by atoms with Gasteiger partial charge in [0.15, 0.2) is 6.29 Å². The van der Waals surface area contributed by atoms with E-state index in [2.05, 4.69) is 33.0 Å². The van der Waals surface area contributed by atoms with Crippen molar-refractivity contribution in [3.63, 3.8) is 0 Å². The van der Waals surface area contributed by atoms with Crippen molar-refractivity contribution in [1.29, 1.82) is 0 Å². The molecule has 8 heteroatoms. The highest BCUT2D eigenvalue weighted by Crippen LogP contribution is 2.91. The van der Waals surface area contributed by atoms with E-state index in [1.165, 1.54) is 0 Å². The van der Waals surface area contributed by atoms with Crippen molar-refractivity contribution < 1.29 is 34.7 Å². The van der Waals surface area contributed by atoms with Crippen LogP contribution in [0.4, 0.5) is 5.69 Å². The summed E-state index contributed by atoms with van der Waals surface area (Å²) in [4.78, 5) is 13.4. The number of hydrogen-bond acceptors (Lipinski definition) is 8. The Labute approximate surface area is 274 Å². The van der Waals surface area contributed by atoms with E-state index in [0.717, 1.165) is 50.6 Å². The molecule has 1 heterocycles. The molecular formula is C38H57NO7. The fourth-order valence-electron chi connectivity index (χ4n) is 13.3. The molecule has 1 unspecified atom stereocenters. The highest BCUT2D eigenvalue weighted by atomic mass is 16.6. The number of hydrogen-bond donors (Lipinski definition) is 5. The third-order valence-corrected chi connectivity index (χ3v) is 15.5. The fraction of sp³-hybridized carbons (Fsp3) is 0.816. The maximum Gasteiger partial charge on any atom is 0.340 e. The van der Waals surface area contributed by atoms with E-state index in [1.807, 2.05) is 31.3 Å². The van der Waals surface area contributed by atoms with Crippen molar-refractivity contribution in [3.8, 4) is 0 Å². The van der Waals surface area contributed by atoms with Crippen molar-refractivity contribution in [2.45, 2.75) is 136 Å². The molecule has 1 aromatic rings. The second-order valence-electron chi connectivity index (χ2n) is 17.9. The zero-order valence-corrected chi connectivity index (χ0v) is 28.9. The molecule has 7 rings (SSSR count). The molecule has 1 aliphatic heterocycles. The fourth-order valence-corrected chi connectivity index (χ4v) is 13.3. The molecule has 0 aromatic heterocycles. The summed E-state index contributed by atoms with van der Waals surface area (Å²) in [5.74, 6) is 0.489. The summed E-state index contributed by atoms with van der Waals surface area (Å²) in [6.07, 6.45) is 5.05. The van der Waals surface area contributed by atoms with E-state index >= 15 is 0 Å². The molecule has 0 amide bonds. The van der Waals surface area contributed by atoms with Gasteiger partial charge in [-0.2, -0.15) is 0 Å². The maximum atomic E-state index is 13.4. The molecular weight excluding hydrogens is 582 g/mol. The molecule has 5 N–H and O–H groups in total. The number of rotatable bonds is 6. The van der Waals surface area contributed by atoms with Crippen LogP contribution in [0.2, 0.25) is 0 Å². The molecule has 6 aliphatic rings. The number of nitrogens with one attached hydrogen (secondary N) is 1. The summed E-state index contributed by atoms with van der Waals surface area (Å²) in [6.45, 7) is 12.5. The van der Waals surface area contributed by atoms with Crippen molar-refractivity contribution in [3.05, 3.63) is 29.8 Å². The number of carbonyl (C=O) groups excluding carboxylic acids is 1. The normalized spacial score (nSPS) is 48.0. The first-order valence-corrected chi connectivity index (χ1v) is 17.9. The highest BCUT2D eigenvalue weighted by Gasteiger charge is 2.85. The van der Waals surface area contributed by atoms with Crippen LogP contribution in [0.3, 0.4) is 0 Å². The van der Waals surface area contributed by atoms with E-state index < -0.39 is 30.2 Å². The Bertz CT molecular complexity index is 1370. The van der Waals surface area contributed by atoms with Crippen molar-refractivity contribution in [2.24, 2.45) is 50.7 Å². The number of aliphatic hydroxyl groups excluding tert-OH is 3. The lowest BCUT2D eigenvalue weighted by Crippen LogP contribution is -2.66. The number of aliphatic hydroxyl groups is 4. The average Bonchev–Trinajstić information content (AvgIpc) is 3.37. The summed E-state index contributed by atoms with van der Waals surface area (Å²) in [5, 5.41) is 47.8. The molecule has 8 nitrogen and oxygen atoms in total. The smallest absolute Gasteiger partial charge is 0.340 e. The van der Waals surface area contributed by atoms with Crippen LogP contribution in [0.25, 0.3) is 0 Å². The minimum Gasteiger partial charge on any atom is -0.458 e. The van der Waals surface area contributed by atoms with Gasteiger partial charge in [0.2, 0.25) is 0 Å². The van der Waals surface area contributed by atoms with Gasteiger partial charge < -0.3 is 35.2 Å². The van der Waals surface area contributed by atoms with Gasteiger partial charge in [-0.05, 0) is 118 Å². The number of carbonyl (C=O) groups is 1. The predicted molar refractivity (Wildman–Crippen MR) is 175 cm³/mol. The molecule has 5 saturated carbocycles. The first-order valence-electron chi connectivity index (χ1n) is 17.9. The van der Waals surface area contributed by atoms with Gasteiger partial charge in [-0.25, -0.2) is 4.79 Å². The van der Waals surface area contributed by atoms with Crippen LogP contribution >= 0.6 is 0 Å². The maximum absolute atomic E-state index is 13.4. The molecule has 46 heavy (non-hydrogen) atoms. The minimum atomic E-state index is -1.30. The zero-order chi connectivity index (χ0) is 33.2. The molecule has 0 bridgehead atoms. The van der Waals surface area contributed by atoms with Gasteiger partial charge in [0.05, 0.1) is 23.4 Å². The molecule has 1 aromatic carbocycles. The summed E-state index contributed by atoms with van der Waals surface area (Å²) in [6, 6.07) is 7.48. The Morgan fingerprint density at radius 2 is 1.74 bits per heavy atom. The topological polar surface area (TPSA) is 128 Å². The number of ether oxygens (including phenoxy) is 2. The number of benzene rings is 1. The Balaban J connectivity index is 1.13. The highest BCUT2D eigenvalue weighted by molar-refractivity contribution is 5.95. The number of esters is 1. The number of anilines is 1. The van der Waals surface area contributed by atoms with Gasteiger partial charge in [0.1, 0.15) is 12.2 Å².